The third kappa shape index (κ3) is 2.33. The molecule has 0 saturated heterocycles. The Balaban J connectivity index is 1.71. The highest BCUT2D eigenvalue weighted by Crippen LogP contribution is 2.31. The van der Waals surface area contributed by atoms with Crippen LogP contribution >= 0.6 is 0 Å². The Morgan fingerprint density at radius 1 is 1.17 bits per heavy atom. The molecule has 122 valence electrons. The zero-order valence-corrected chi connectivity index (χ0v) is 12.4. The number of carbonyl (C=O) groups is 1. The van der Waals surface area contributed by atoms with Crippen LogP contribution in [0.15, 0.2) is 42.5 Å². The monoisotopic (exact) mass is 331 g/mol. The zero-order valence-electron chi connectivity index (χ0n) is 12.4. The molecule has 0 fully saturated rings. The van der Waals surface area contributed by atoms with Crippen LogP contribution in [0.5, 0.6) is 0 Å². The zero-order chi connectivity index (χ0) is 16.9. The van der Waals surface area contributed by atoms with Crippen molar-refractivity contribution in [3.8, 4) is 0 Å². The number of fused-ring (bicyclic) bond motifs is 2. The van der Waals surface area contributed by atoms with Gasteiger partial charge in [-0.15, -0.1) is 0 Å². The molecule has 0 saturated carbocycles. The molecular weight excluding hydrogens is 319 g/mol. The van der Waals surface area contributed by atoms with Crippen molar-refractivity contribution in [2.45, 2.75) is 12.6 Å². The van der Waals surface area contributed by atoms with Crippen LogP contribution in [0, 0.1) is 0 Å². The van der Waals surface area contributed by atoms with Crippen molar-refractivity contribution in [1.82, 2.24) is 9.97 Å². The summed E-state index contributed by atoms with van der Waals surface area (Å²) in [6.07, 6.45) is -3.77. The Kier molecular flexibility index (Phi) is 3.13. The summed E-state index contributed by atoms with van der Waals surface area (Å²) < 4.78 is 38.2. The van der Waals surface area contributed by atoms with E-state index in [9.17, 15) is 18.0 Å². The van der Waals surface area contributed by atoms with Crippen LogP contribution in [-0.4, -0.2) is 22.4 Å². The van der Waals surface area contributed by atoms with Crippen LogP contribution in [0.25, 0.3) is 11.0 Å². The molecular formula is C17H12F3N3O. The van der Waals surface area contributed by atoms with Crippen LogP contribution in [-0.2, 0) is 12.6 Å². The number of carbonyl (C=O) groups excluding carboxylic acids is 1. The first-order valence-corrected chi connectivity index (χ1v) is 7.40. The van der Waals surface area contributed by atoms with E-state index in [-0.39, 0.29) is 16.9 Å². The van der Waals surface area contributed by atoms with Gasteiger partial charge in [0.25, 0.3) is 5.91 Å². The maximum atomic E-state index is 12.7. The van der Waals surface area contributed by atoms with Crippen molar-refractivity contribution >= 4 is 22.6 Å². The van der Waals surface area contributed by atoms with E-state index in [0.29, 0.717) is 12.1 Å². The van der Waals surface area contributed by atoms with Gasteiger partial charge < -0.3 is 9.88 Å². The second-order valence-corrected chi connectivity index (χ2v) is 5.65. The summed E-state index contributed by atoms with van der Waals surface area (Å²) in [5.74, 6) is -1.29. The van der Waals surface area contributed by atoms with Gasteiger partial charge in [0.15, 0.2) is 0 Å². The molecule has 2 heterocycles. The van der Waals surface area contributed by atoms with Gasteiger partial charge in [-0.25, -0.2) is 4.98 Å². The third-order valence-electron chi connectivity index (χ3n) is 4.13. The highest BCUT2D eigenvalue weighted by molar-refractivity contribution is 6.08. The third-order valence-corrected chi connectivity index (χ3v) is 4.13. The molecule has 7 heteroatoms. The SMILES string of the molecule is O=C(c1ccc2nc(C(F)(F)F)[nH]c2c1)N1CCc2ccccc21. The summed E-state index contributed by atoms with van der Waals surface area (Å²) in [4.78, 5) is 20.1. The van der Waals surface area contributed by atoms with Gasteiger partial charge in [-0.2, -0.15) is 13.2 Å². The van der Waals surface area contributed by atoms with E-state index in [1.165, 1.54) is 18.2 Å². The van der Waals surface area contributed by atoms with Crippen LogP contribution in [0.1, 0.15) is 21.7 Å². The molecule has 1 amide bonds. The fourth-order valence-corrected chi connectivity index (χ4v) is 2.98. The minimum Gasteiger partial charge on any atom is -0.334 e. The maximum Gasteiger partial charge on any atom is 0.449 e. The molecule has 0 unspecified atom stereocenters. The normalized spacial score (nSPS) is 14.2. The molecule has 0 atom stereocenters. The number of nitrogens with zero attached hydrogens (tertiary/aromatic N) is 2. The number of para-hydroxylation sites is 1. The molecule has 1 N–H and O–H groups in total. The number of nitrogens with one attached hydrogen (secondary N) is 1. The first kappa shape index (κ1) is 14.7. The van der Waals surface area contributed by atoms with Gasteiger partial charge in [0.2, 0.25) is 5.82 Å². The van der Waals surface area contributed by atoms with E-state index in [1.54, 1.807) is 4.90 Å². The molecule has 24 heavy (non-hydrogen) atoms. The average Bonchev–Trinajstić information content (AvgIpc) is 3.17. The number of H-pyrrole nitrogens is 1. The number of amides is 1. The number of anilines is 1. The molecule has 0 bridgehead atoms. The van der Waals surface area contributed by atoms with Gasteiger partial charge in [-0.1, -0.05) is 18.2 Å². The highest BCUT2D eigenvalue weighted by Gasteiger charge is 2.35. The van der Waals surface area contributed by atoms with E-state index in [2.05, 4.69) is 9.97 Å². The minimum absolute atomic E-state index is 0.181. The predicted molar refractivity (Wildman–Crippen MR) is 82.9 cm³/mol. The second kappa shape index (κ2) is 5.09. The van der Waals surface area contributed by atoms with Crippen LogP contribution in [0.4, 0.5) is 18.9 Å². The molecule has 4 nitrogen and oxygen atoms in total. The fourth-order valence-electron chi connectivity index (χ4n) is 2.98. The van der Waals surface area contributed by atoms with Crippen molar-refractivity contribution in [3.05, 3.63) is 59.4 Å². The van der Waals surface area contributed by atoms with Gasteiger partial charge in [-0.05, 0) is 36.2 Å². The topological polar surface area (TPSA) is 49.0 Å². The van der Waals surface area contributed by atoms with Gasteiger partial charge in [0.05, 0.1) is 11.0 Å². The molecule has 4 rings (SSSR count). The summed E-state index contributed by atoms with van der Waals surface area (Å²) in [7, 11) is 0. The number of aromatic amines is 1. The predicted octanol–water partition coefficient (Wildman–Crippen LogP) is 3.78. The van der Waals surface area contributed by atoms with Crippen molar-refractivity contribution in [1.29, 1.82) is 0 Å². The number of halogens is 3. The van der Waals surface area contributed by atoms with Gasteiger partial charge in [0.1, 0.15) is 0 Å². The molecule has 3 aromatic rings. The Morgan fingerprint density at radius 2 is 1.96 bits per heavy atom. The van der Waals surface area contributed by atoms with Gasteiger partial charge in [-0.3, -0.25) is 4.79 Å². The van der Waals surface area contributed by atoms with Crippen LogP contribution < -0.4 is 4.90 Å². The van der Waals surface area contributed by atoms with Crippen LogP contribution in [0.2, 0.25) is 0 Å². The second-order valence-electron chi connectivity index (χ2n) is 5.65. The minimum atomic E-state index is -4.54. The molecule has 1 aliphatic rings. The smallest absolute Gasteiger partial charge is 0.334 e. The van der Waals surface area contributed by atoms with Crippen molar-refractivity contribution in [3.63, 3.8) is 0 Å². The molecule has 2 aromatic carbocycles. The lowest BCUT2D eigenvalue weighted by molar-refractivity contribution is -0.144. The number of imidazole rings is 1. The van der Waals surface area contributed by atoms with Gasteiger partial charge in [0, 0.05) is 17.8 Å². The van der Waals surface area contributed by atoms with E-state index in [4.69, 9.17) is 0 Å². The van der Waals surface area contributed by atoms with E-state index < -0.39 is 12.0 Å². The summed E-state index contributed by atoms with van der Waals surface area (Å²) >= 11 is 0. The van der Waals surface area contributed by atoms with E-state index >= 15 is 0 Å². The molecule has 0 spiro atoms. The average molecular weight is 331 g/mol. The lowest BCUT2D eigenvalue weighted by atomic mass is 10.1. The Morgan fingerprint density at radius 3 is 2.75 bits per heavy atom. The largest absolute Gasteiger partial charge is 0.449 e. The quantitative estimate of drug-likeness (QED) is 0.738. The number of hydrogen-bond donors (Lipinski definition) is 1. The summed E-state index contributed by atoms with van der Waals surface area (Å²) in [5, 5.41) is 0. The number of hydrogen-bond acceptors (Lipinski definition) is 2. The Hall–Kier alpha value is -2.83. The van der Waals surface area contributed by atoms with Crippen molar-refractivity contribution < 1.29 is 18.0 Å². The molecule has 1 aliphatic heterocycles. The number of aromatic nitrogens is 2. The fraction of sp³-hybridized carbons (Fsp3) is 0.176. The highest BCUT2D eigenvalue weighted by atomic mass is 19.4. The lowest BCUT2D eigenvalue weighted by Gasteiger charge is -2.17. The van der Waals surface area contributed by atoms with E-state index in [0.717, 1.165) is 17.7 Å². The number of alkyl halides is 3. The van der Waals surface area contributed by atoms with Gasteiger partial charge >= 0.3 is 6.18 Å². The van der Waals surface area contributed by atoms with Crippen LogP contribution in [0.3, 0.4) is 0 Å². The lowest BCUT2D eigenvalue weighted by Crippen LogP contribution is -2.28. The standard InChI is InChI=1S/C17H12F3N3O/c18-17(19,20)16-21-12-6-5-11(9-13(12)22-16)15(24)23-8-7-10-3-1-2-4-14(10)23/h1-6,9H,7-8H2,(H,21,22). The summed E-state index contributed by atoms with van der Waals surface area (Å²) in [5.41, 5.74) is 2.65. The van der Waals surface area contributed by atoms with Crippen molar-refractivity contribution in [2.24, 2.45) is 0 Å². The van der Waals surface area contributed by atoms with E-state index in [1.807, 2.05) is 24.3 Å². The Bertz CT molecular complexity index is 946. The number of benzene rings is 2. The number of rotatable bonds is 1. The first-order chi connectivity index (χ1) is 11.4. The molecule has 0 aliphatic carbocycles. The molecule has 1 aromatic heterocycles. The van der Waals surface area contributed by atoms with Crippen molar-refractivity contribution in [2.75, 3.05) is 11.4 Å². The summed E-state index contributed by atoms with van der Waals surface area (Å²) in [6.45, 7) is 0.562. The molecule has 0 radical (unpaired) electrons. The maximum absolute atomic E-state index is 12.7. The Labute approximate surface area is 134 Å². The first-order valence-electron chi connectivity index (χ1n) is 7.40. The summed E-state index contributed by atoms with van der Waals surface area (Å²) in [6, 6.07) is 12.0.